The second-order valence-electron chi connectivity index (χ2n) is 4.70. The van der Waals surface area contributed by atoms with E-state index in [0.717, 1.165) is 12.1 Å². The van der Waals surface area contributed by atoms with Gasteiger partial charge in [0.2, 0.25) is 5.91 Å². The van der Waals surface area contributed by atoms with E-state index in [1.807, 2.05) is 0 Å². The molecule has 0 saturated carbocycles. The smallest absolute Gasteiger partial charge is 0.236 e. The normalized spacial score (nSPS) is 15.9. The number of amides is 1. The Morgan fingerprint density at radius 3 is 2.75 bits per heavy atom. The van der Waals surface area contributed by atoms with Crippen molar-refractivity contribution >= 4 is 29.1 Å². The van der Waals surface area contributed by atoms with Crippen molar-refractivity contribution in [2.24, 2.45) is 10.2 Å². The van der Waals surface area contributed by atoms with Gasteiger partial charge in [-0.15, -0.1) is 5.10 Å². The molecule has 3 rings (SSSR count). The first kappa shape index (κ1) is 16.1. The molecule has 1 heterocycles. The number of nitrogens with one attached hydrogen (secondary N) is 1. The van der Waals surface area contributed by atoms with Gasteiger partial charge < -0.3 is 10.1 Å². The molecule has 0 radical (unpaired) electrons. The van der Waals surface area contributed by atoms with Gasteiger partial charge in [-0.1, -0.05) is 23.9 Å². The lowest BCUT2D eigenvalue weighted by molar-refractivity contribution is -0.116. The Morgan fingerprint density at radius 2 is 2.00 bits per heavy atom. The van der Waals surface area contributed by atoms with Crippen LogP contribution in [0.25, 0.3) is 0 Å². The fourth-order valence-electron chi connectivity index (χ4n) is 1.87. The molecule has 1 saturated heterocycles. The molecule has 0 aromatic heterocycles. The molecule has 24 heavy (non-hydrogen) atoms. The number of ether oxygens (including phenoxy) is 1. The standard InChI is InChI=1S/C16H11F2N3O2S/c17-12-6-5-11(7-13(12)18)23-14-4-2-1-3-10(14)8-19-21-16-20-15(22)9-24-16/h1-8H,9H2,(H,20,21,22). The fourth-order valence-corrected chi connectivity index (χ4v) is 2.50. The molecule has 122 valence electrons. The third-order valence-corrected chi connectivity index (χ3v) is 3.83. The van der Waals surface area contributed by atoms with Crippen LogP contribution in [0.5, 0.6) is 11.5 Å². The van der Waals surface area contributed by atoms with Crippen molar-refractivity contribution < 1.29 is 18.3 Å². The number of benzene rings is 2. The van der Waals surface area contributed by atoms with Crippen LogP contribution >= 0.6 is 11.8 Å². The van der Waals surface area contributed by atoms with E-state index in [1.165, 1.54) is 24.0 Å². The third-order valence-electron chi connectivity index (χ3n) is 2.97. The Balaban J connectivity index is 1.77. The van der Waals surface area contributed by atoms with Crippen molar-refractivity contribution in [1.29, 1.82) is 0 Å². The monoisotopic (exact) mass is 347 g/mol. The molecule has 0 spiro atoms. The van der Waals surface area contributed by atoms with Crippen LogP contribution < -0.4 is 10.1 Å². The summed E-state index contributed by atoms with van der Waals surface area (Å²) in [6.45, 7) is 0. The molecule has 1 aliphatic rings. The molecule has 5 nitrogen and oxygen atoms in total. The average Bonchev–Trinajstić information content (AvgIpc) is 2.98. The summed E-state index contributed by atoms with van der Waals surface area (Å²) >= 11 is 1.26. The van der Waals surface area contributed by atoms with Gasteiger partial charge in [-0.3, -0.25) is 4.79 Å². The first-order valence-corrected chi connectivity index (χ1v) is 7.86. The van der Waals surface area contributed by atoms with E-state index < -0.39 is 11.6 Å². The number of hydrogen-bond donors (Lipinski definition) is 1. The number of carbonyl (C=O) groups is 1. The highest BCUT2D eigenvalue weighted by Crippen LogP contribution is 2.25. The van der Waals surface area contributed by atoms with Crippen LogP contribution in [0.2, 0.25) is 0 Å². The zero-order valence-electron chi connectivity index (χ0n) is 12.2. The van der Waals surface area contributed by atoms with Crippen LogP contribution in [-0.4, -0.2) is 23.0 Å². The number of para-hydroxylation sites is 1. The van der Waals surface area contributed by atoms with E-state index in [9.17, 15) is 13.6 Å². The van der Waals surface area contributed by atoms with E-state index in [1.54, 1.807) is 24.3 Å². The molecule has 2 aromatic rings. The van der Waals surface area contributed by atoms with Crippen LogP contribution in [0.1, 0.15) is 5.56 Å². The summed E-state index contributed by atoms with van der Waals surface area (Å²) < 4.78 is 31.8. The summed E-state index contributed by atoms with van der Waals surface area (Å²) in [4.78, 5) is 11.1. The Labute approximate surface area is 140 Å². The van der Waals surface area contributed by atoms with Gasteiger partial charge in [0.1, 0.15) is 11.5 Å². The molecule has 0 unspecified atom stereocenters. The predicted octanol–water partition coefficient (Wildman–Crippen LogP) is 3.31. The summed E-state index contributed by atoms with van der Waals surface area (Å²) in [6.07, 6.45) is 1.45. The van der Waals surface area contributed by atoms with E-state index in [0.29, 0.717) is 22.2 Å². The summed E-state index contributed by atoms with van der Waals surface area (Å²) in [7, 11) is 0. The van der Waals surface area contributed by atoms with Crippen molar-refractivity contribution in [3.63, 3.8) is 0 Å². The molecule has 1 aliphatic heterocycles. The number of rotatable bonds is 4. The van der Waals surface area contributed by atoms with Crippen LogP contribution in [-0.2, 0) is 4.79 Å². The van der Waals surface area contributed by atoms with Gasteiger partial charge in [0.15, 0.2) is 16.8 Å². The largest absolute Gasteiger partial charge is 0.457 e. The second-order valence-corrected chi connectivity index (χ2v) is 5.67. The number of carbonyl (C=O) groups excluding carboxylic acids is 1. The predicted molar refractivity (Wildman–Crippen MR) is 88.5 cm³/mol. The van der Waals surface area contributed by atoms with E-state index in [-0.39, 0.29) is 11.7 Å². The van der Waals surface area contributed by atoms with Crippen LogP contribution in [0.4, 0.5) is 8.78 Å². The quantitative estimate of drug-likeness (QED) is 0.682. The Kier molecular flexibility index (Phi) is 4.85. The molecule has 1 N–H and O–H groups in total. The van der Waals surface area contributed by atoms with Gasteiger partial charge in [-0.2, -0.15) is 5.10 Å². The molecule has 0 atom stereocenters. The fraction of sp³-hybridized carbons (Fsp3) is 0.0625. The summed E-state index contributed by atoms with van der Waals surface area (Å²) in [6, 6.07) is 10.2. The van der Waals surface area contributed by atoms with Gasteiger partial charge in [-0.25, -0.2) is 8.78 Å². The topological polar surface area (TPSA) is 63.0 Å². The Morgan fingerprint density at radius 1 is 1.17 bits per heavy atom. The summed E-state index contributed by atoms with van der Waals surface area (Å²) in [5.74, 6) is -1.14. The maximum atomic E-state index is 13.3. The van der Waals surface area contributed by atoms with Gasteiger partial charge in [-0.05, 0) is 24.3 Å². The average molecular weight is 347 g/mol. The zero-order chi connectivity index (χ0) is 16.9. The molecular formula is C16H11F2N3O2S. The maximum Gasteiger partial charge on any atom is 0.236 e. The highest BCUT2D eigenvalue weighted by atomic mass is 32.2. The summed E-state index contributed by atoms with van der Waals surface area (Å²) in [5, 5.41) is 10.8. The zero-order valence-corrected chi connectivity index (χ0v) is 13.0. The first-order chi connectivity index (χ1) is 11.6. The number of amidine groups is 1. The van der Waals surface area contributed by atoms with E-state index >= 15 is 0 Å². The summed E-state index contributed by atoms with van der Waals surface area (Å²) in [5.41, 5.74) is 0.598. The van der Waals surface area contributed by atoms with E-state index in [2.05, 4.69) is 15.5 Å². The molecule has 0 aliphatic carbocycles. The maximum absolute atomic E-state index is 13.3. The van der Waals surface area contributed by atoms with Gasteiger partial charge >= 0.3 is 0 Å². The lowest BCUT2D eigenvalue weighted by Gasteiger charge is -2.08. The number of halogens is 2. The number of thioether (sulfide) groups is 1. The second kappa shape index (κ2) is 7.22. The van der Waals surface area contributed by atoms with Crippen molar-refractivity contribution in [2.75, 3.05) is 5.75 Å². The number of hydrogen-bond acceptors (Lipinski definition) is 5. The minimum absolute atomic E-state index is 0.115. The van der Waals surface area contributed by atoms with Crippen molar-refractivity contribution in [2.45, 2.75) is 0 Å². The molecule has 0 bridgehead atoms. The van der Waals surface area contributed by atoms with Gasteiger partial charge in [0.05, 0.1) is 12.0 Å². The SMILES string of the molecule is O=C1CSC(=NN=Cc2ccccc2Oc2ccc(F)c(F)c2)N1. The first-order valence-electron chi connectivity index (χ1n) is 6.87. The molecule has 8 heteroatoms. The van der Waals surface area contributed by atoms with Gasteiger partial charge in [0, 0.05) is 11.6 Å². The third kappa shape index (κ3) is 3.96. The molecule has 1 fully saturated rings. The molecule has 2 aromatic carbocycles. The van der Waals surface area contributed by atoms with Crippen molar-refractivity contribution in [3.8, 4) is 11.5 Å². The lowest BCUT2D eigenvalue weighted by Crippen LogP contribution is -2.19. The number of nitrogens with zero attached hydrogens (tertiary/aromatic N) is 2. The minimum atomic E-state index is -0.987. The Hall–Kier alpha value is -2.74. The van der Waals surface area contributed by atoms with Crippen LogP contribution in [0, 0.1) is 11.6 Å². The Bertz CT molecular complexity index is 840. The van der Waals surface area contributed by atoms with Crippen LogP contribution in [0.15, 0.2) is 52.7 Å². The molecule has 1 amide bonds. The lowest BCUT2D eigenvalue weighted by atomic mass is 10.2. The highest BCUT2D eigenvalue weighted by Gasteiger charge is 2.16. The minimum Gasteiger partial charge on any atom is -0.457 e. The van der Waals surface area contributed by atoms with E-state index in [4.69, 9.17) is 4.74 Å². The van der Waals surface area contributed by atoms with Gasteiger partial charge in [0.25, 0.3) is 0 Å². The highest BCUT2D eigenvalue weighted by molar-refractivity contribution is 8.15. The molecular weight excluding hydrogens is 336 g/mol. The van der Waals surface area contributed by atoms with Crippen molar-refractivity contribution in [1.82, 2.24) is 5.32 Å². The van der Waals surface area contributed by atoms with Crippen LogP contribution in [0.3, 0.4) is 0 Å². The van der Waals surface area contributed by atoms with Crippen molar-refractivity contribution in [3.05, 3.63) is 59.7 Å².